The number of hydrogen-bond donors (Lipinski definition) is 2. The summed E-state index contributed by atoms with van der Waals surface area (Å²) in [5.74, 6) is 5.00. The maximum Gasteiger partial charge on any atom is 0.276 e. The number of aromatic nitrogens is 1. The van der Waals surface area contributed by atoms with Crippen LogP contribution in [-0.4, -0.2) is 17.9 Å². The number of carbonyl (C=O) groups excluding carboxylic acids is 1. The number of pyridine rings is 1. The van der Waals surface area contributed by atoms with Gasteiger partial charge in [-0.1, -0.05) is 0 Å². The summed E-state index contributed by atoms with van der Waals surface area (Å²) in [5, 5.41) is 8.75. The number of anilines is 2. The van der Waals surface area contributed by atoms with E-state index in [1.165, 1.54) is 11.1 Å². The van der Waals surface area contributed by atoms with Crippen molar-refractivity contribution in [1.29, 1.82) is 5.26 Å². The SMILES string of the molecule is CN(C(=O)c1ccc(NN)cn1)c1ccc(C#N)cc1. The van der Waals surface area contributed by atoms with Gasteiger partial charge in [-0.15, -0.1) is 0 Å². The molecule has 0 saturated carbocycles. The molecular formula is C14H13N5O. The number of nitriles is 1. The molecule has 2 rings (SSSR count). The molecule has 0 atom stereocenters. The maximum atomic E-state index is 12.2. The van der Waals surface area contributed by atoms with Crippen LogP contribution in [-0.2, 0) is 0 Å². The predicted octanol–water partition coefficient (Wildman–Crippen LogP) is 1.52. The molecule has 100 valence electrons. The minimum Gasteiger partial charge on any atom is -0.323 e. The van der Waals surface area contributed by atoms with Gasteiger partial charge in [0.1, 0.15) is 5.69 Å². The first kappa shape index (κ1) is 13.5. The number of hydrogen-bond acceptors (Lipinski definition) is 5. The van der Waals surface area contributed by atoms with Gasteiger partial charge in [0, 0.05) is 12.7 Å². The molecule has 0 radical (unpaired) electrons. The summed E-state index contributed by atoms with van der Waals surface area (Å²) in [4.78, 5) is 17.8. The fourth-order valence-corrected chi connectivity index (χ4v) is 1.65. The number of carbonyl (C=O) groups is 1. The lowest BCUT2D eigenvalue weighted by Crippen LogP contribution is -2.27. The van der Waals surface area contributed by atoms with Crippen molar-refractivity contribution in [1.82, 2.24) is 4.98 Å². The summed E-state index contributed by atoms with van der Waals surface area (Å²) in [5.41, 5.74) is 4.63. The van der Waals surface area contributed by atoms with Crippen molar-refractivity contribution in [3.05, 3.63) is 53.9 Å². The van der Waals surface area contributed by atoms with Crippen LogP contribution in [0.1, 0.15) is 16.1 Å². The van der Waals surface area contributed by atoms with Crippen molar-refractivity contribution in [2.75, 3.05) is 17.4 Å². The fraction of sp³-hybridized carbons (Fsp3) is 0.0714. The molecule has 1 heterocycles. The zero-order chi connectivity index (χ0) is 14.5. The minimum atomic E-state index is -0.238. The van der Waals surface area contributed by atoms with Gasteiger partial charge in [0.15, 0.2) is 0 Å². The normalized spacial score (nSPS) is 9.65. The Morgan fingerprint density at radius 3 is 2.50 bits per heavy atom. The Hall–Kier alpha value is -2.91. The topological polar surface area (TPSA) is 95.0 Å². The van der Waals surface area contributed by atoms with Gasteiger partial charge in [0.2, 0.25) is 0 Å². The molecule has 6 nitrogen and oxygen atoms in total. The molecule has 0 aliphatic carbocycles. The lowest BCUT2D eigenvalue weighted by atomic mass is 10.2. The summed E-state index contributed by atoms with van der Waals surface area (Å²) in [6.45, 7) is 0. The van der Waals surface area contributed by atoms with E-state index in [9.17, 15) is 4.79 Å². The predicted molar refractivity (Wildman–Crippen MR) is 75.9 cm³/mol. The van der Waals surface area contributed by atoms with E-state index in [2.05, 4.69) is 10.4 Å². The van der Waals surface area contributed by atoms with Gasteiger partial charge in [-0.25, -0.2) is 4.98 Å². The average Bonchev–Trinajstić information content (AvgIpc) is 2.53. The third kappa shape index (κ3) is 2.74. The number of benzene rings is 1. The molecular weight excluding hydrogens is 254 g/mol. The zero-order valence-corrected chi connectivity index (χ0v) is 10.9. The number of hydrazine groups is 1. The lowest BCUT2D eigenvalue weighted by Gasteiger charge is -2.17. The van der Waals surface area contributed by atoms with Crippen molar-refractivity contribution in [2.24, 2.45) is 5.84 Å². The largest absolute Gasteiger partial charge is 0.323 e. The number of nitrogens with one attached hydrogen (secondary N) is 1. The Morgan fingerprint density at radius 2 is 2.00 bits per heavy atom. The van der Waals surface area contributed by atoms with E-state index >= 15 is 0 Å². The van der Waals surface area contributed by atoms with E-state index in [1.807, 2.05) is 6.07 Å². The molecule has 20 heavy (non-hydrogen) atoms. The van der Waals surface area contributed by atoms with E-state index in [4.69, 9.17) is 11.1 Å². The summed E-state index contributed by atoms with van der Waals surface area (Å²) < 4.78 is 0. The Morgan fingerprint density at radius 1 is 1.30 bits per heavy atom. The standard InChI is InChI=1S/C14H13N5O/c1-19(12-5-2-10(8-15)3-6-12)14(20)13-7-4-11(18-16)9-17-13/h2-7,9,18H,16H2,1H3. The summed E-state index contributed by atoms with van der Waals surface area (Å²) in [7, 11) is 1.65. The zero-order valence-electron chi connectivity index (χ0n) is 10.9. The van der Waals surface area contributed by atoms with Gasteiger partial charge in [-0.05, 0) is 36.4 Å². The van der Waals surface area contributed by atoms with Gasteiger partial charge in [0.25, 0.3) is 5.91 Å². The van der Waals surface area contributed by atoms with Crippen LogP contribution in [0.2, 0.25) is 0 Å². The summed E-state index contributed by atoms with van der Waals surface area (Å²) >= 11 is 0. The van der Waals surface area contributed by atoms with Crippen molar-refractivity contribution < 1.29 is 4.79 Å². The highest BCUT2D eigenvalue weighted by Gasteiger charge is 2.14. The molecule has 1 aromatic carbocycles. The van der Waals surface area contributed by atoms with Gasteiger partial charge in [-0.2, -0.15) is 5.26 Å². The van der Waals surface area contributed by atoms with Crippen LogP contribution in [0.25, 0.3) is 0 Å². The van der Waals surface area contributed by atoms with E-state index in [1.54, 1.807) is 43.4 Å². The number of nitrogens with zero attached hydrogens (tertiary/aromatic N) is 3. The van der Waals surface area contributed by atoms with Gasteiger partial charge in [-0.3, -0.25) is 10.6 Å². The highest BCUT2D eigenvalue weighted by atomic mass is 16.2. The van der Waals surface area contributed by atoms with E-state index in [0.29, 0.717) is 22.6 Å². The van der Waals surface area contributed by atoms with Gasteiger partial charge in [0.05, 0.1) is 23.5 Å². The number of nitrogen functional groups attached to an aromatic ring is 1. The Kier molecular flexibility index (Phi) is 3.93. The average molecular weight is 267 g/mol. The van der Waals surface area contributed by atoms with Crippen LogP contribution in [0.5, 0.6) is 0 Å². The Labute approximate surface area is 116 Å². The second-order valence-electron chi connectivity index (χ2n) is 4.10. The first-order valence-corrected chi connectivity index (χ1v) is 5.86. The molecule has 0 bridgehead atoms. The van der Waals surface area contributed by atoms with Crippen LogP contribution in [0.3, 0.4) is 0 Å². The van der Waals surface area contributed by atoms with Crippen LogP contribution < -0.4 is 16.2 Å². The van der Waals surface area contributed by atoms with Crippen LogP contribution in [0.15, 0.2) is 42.6 Å². The van der Waals surface area contributed by atoms with Crippen molar-refractivity contribution in [2.45, 2.75) is 0 Å². The Balaban J connectivity index is 2.20. The Bertz CT molecular complexity index is 643. The molecule has 0 saturated heterocycles. The second-order valence-corrected chi connectivity index (χ2v) is 4.10. The quantitative estimate of drug-likeness (QED) is 0.649. The maximum absolute atomic E-state index is 12.2. The smallest absolute Gasteiger partial charge is 0.276 e. The summed E-state index contributed by atoms with van der Waals surface area (Å²) in [6.07, 6.45) is 1.49. The molecule has 3 N–H and O–H groups in total. The summed E-state index contributed by atoms with van der Waals surface area (Å²) in [6, 6.07) is 12.1. The molecule has 2 aromatic rings. The molecule has 1 aromatic heterocycles. The lowest BCUT2D eigenvalue weighted by molar-refractivity contribution is 0.0988. The van der Waals surface area contributed by atoms with E-state index in [0.717, 1.165) is 0 Å². The van der Waals surface area contributed by atoms with Crippen molar-refractivity contribution in [3.8, 4) is 6.07 Å². The third-order valence-electron chi connectivity index (χ3n) is 2.84. The molecule has 0 spiro atoms. The molecule has 0 fully saturated rings. The van der Waals surface area contributed by atoms with Crippen LogP contribution >= 0.6 is 0 Å². The van der Waals surface area contributed by atoms with E-state index < -0.39 is 0 Å². The third-order valence-corrected chi connectivity index (χ3v) is 2.84. The number of rotatable bonds is 3. The van der Waals surface area contributed by atoms with E-state index in [-0.39, 0.29) is 5.91 Å². The fourth-order valence-electron chi connectivity index (χ4n) is 1.65. The number of amides is 1. The van der Waals surface area contributed by atoms with Crippen LogP contribution in [0.4, 0.5) is 11.4 Å². The van der Waals surface area contributed by atoms with Gasteiger partial charge >= 0.3 is 0 Å². The van der Waals surface area contributed by atoms with Gasteiger partial charge < -0.3 is 10.3 Å². The monoisotopic (exact) mass is 267 g/mol. The first-order chi connectivity index (χ1) is 9.65. The minimum absolute atomic E-state index is 0.238. The molecule has 6 heteroatoms. The molecule has 0 aliphatic heterocycles. The number of nitrogens with two attached hydrogens (primary N) is 1. The highest BCUT2D eigenvalue weighted by molar-refractivity contribution is 6.04. The molecule has 1 amide bonds. The molecule has 0 unspecified atom stereocenters. The highest BCUT2D eigenvalue weighted by Crippen LogP contribution is 2.16. The van der Waals surface area contributed by atoms with Crippen molar-refractivity contribution in [3.63, 3.8) is 0 Å². The van der Waals surface area contributed by atoms with Crippen LogP contribution in [0, 0.1) is 11.3 Å². The molecule has 0 aliphatic rings. The van der Waals surface area contributed by atoms with Crippen molar-refractivity contribution >= 4 is 17.3 Å². The first-order valence-electron chi connectivity index (χ1n) is 5.86. The second kappa shape index (κ2) is 5.82.